The van der Waals surface area contributed by atoms with Crippen molar-refractivity contribution in [3.8, 4) is 0 Å². The maximum Gasteiger partial charge on any atom is 0.341 e. The number of aromatic nitrogens is 2. The van der Waals surface area contributed by atoms with Gasteiger partial charge in [0.05, 0.1) is 11.9 Å². The lowest BCUT2D eigenvalue weighted by Gasteiger charge is -2.10. The minimum Gasteiger partial charge on any atom is -0.477 e. The molecule has 0 saturated carbocycles. The molecule has 1 aromatic carbocycles. The fraction of sp³-hybridized carbons (Fsp3) is 0.167. The monoisotopic (exact) mass is 331 g/mol. The fourth-order valence-corrected chi connectivity index (χ4v) is 3.36. The van der Waals surface area contributed by atoms with Crippen LogP contribution in [-0.4, -0.2) is 29.3 Å². The summed E-state index contributed by atoms with van der Waals surface area (Å²) in [6.45, 7) is 1.51. The molecule has 0 aliphatic heterocycles. The average Bonchev–Trinajstić information content (AvgIpc) is 2.67. The molecule has 7 nitrogen and oxygen atoms in total. The van der Waals surface area contributed by atoms with Gasteiger partial charge >= 0.3 is 5.97 Å². The van der Waals surface area contributed by atoms with Crippen LogP contribution in [0.4, 0.5) is 14.5 Å². The highest BCUT2D eigenvalue weighted by atomic mass is 32.2. The van der Waals surface area contributed by atoms with Crippen molar-refractivity contribution in [2.75, 3.05) is 4.72 Å². The van der Waals surface area contributed by atoms with Crippen molar-refractivity contribution < 1.29 is 27.1 Å². The van der Waals surface area contributed by atoms with Crippen LogP contribution in [0.15, 0.2) is 23.4 Å². The van der Waals surface area contributed by atoms with Crippen LogP contribution in [-0.2, 0) is 17.1 Å². The molecule has 0 saturated heterocycles. The maximum absolute atomic E-state index is 13.6. The third-order valence-corrected chi connectivity index (χ3v) is 4.42. The summed E-state index contributed by atoms with van der Waals surface area (Å²) in [6, 6.07) is 1.19. The molecule has 10 heteroatoms. The van der Waals surface area contributed by atoms with E-state index in [9.17, 15) is 22.0 Å². The van der Waals surface area contributed by atoms with Gasteiger partial charge in [0.2, 0.25) is 0 Å². The highest BCUT2D eigenvalue weighted by molar-refractivity contribution is 7.92. The second kappa shape index (κ2) is 5.37. The van der Waals surface area contributed by atoms with Crippen molar-refractivity contribution >= 4 is 21.7 Å². The zero-order chi connectivity index (χ0) is 16.7. The first-order valence-electron chi connectivity index (χ1n) is 5.87. The second-order valence-corrected chi connectivity index (χ2v) is 6.08. The number of aryl methyl sites for hydroxylation is 2. The van der Waals surface area contributed by atoms with Crippen molar-refractivity contribution in [3.05, 3.63) is 41.1 Å². The first-order valence-corrected chi connectivity index (χ1v) is 7.35. The SMILES string of the molecule is Cc1cnn(C)c1S(=O)(=O)Nc1cc(F)c(C(=O)O)c(F)c1. The van der Waals surface area contributed by atoms with Crippen LogP contribution in [0.3, 0.4) is 0 Å². The number of carboxylic acids is 1. The van der Waals surface area contributed by atoms with Crippen LogP contribution in [0.5, 0.6) is 0 Å². The number of sulfonamides is 1. The Morgan fingerprint density at radius 1 is 1.32 bits per heavy atom. The molecule has 0 atom stereocenters. The predicted octanol–water partition coefficient (Wildman–Crippen LogP) is 1.51. The molecule has 0 unspecified atom stereocenters. The molecular formula is C12H11F2N3O4S. The Morgan fingerprint density at radius 2 is 1.86 bits per heavy atom. The smallest absolute Gasteiger partial charge is 0.341 e. The Balaban J connectivity index is 2.46. The van der Waals surface area contributed by atoms with Crippen molar-refractivity contribution in [2.45, 2.75) is 11.9 Å². The molecule has 0 aliphatic rings. The Labute approximate surface area is 124 Å². The summed E-state index contributed by atoms with van der Waals surface area (Å²) in [7, 11) is -2.73. The number of anilines is 1. The largest absolute Gasteiger partial charge is 0.477 e. The molecule has 2 N–H and O–H groups in total. The molecule has 0 aliphatic carbocycles. The normalized spacial score (nSPS) is 11.5. The number of carboxylic acid groups (broad SMARTS) is 1. The molecule has 2 rings (SSSR count). The van der Waals surface area contributed by atoms with E-state index in [4.69, 9.17) is 5.11 Å². The van der Waals surface area contributed by atoms with Crippen molar-refractivity contribution in [2.24, 2.45) is 7.05 Å². The topological polar surface area (TPSA) is 101 Å². The van der Waals surface area contributed by atoms with Gasteiger partial charge in [-0.1, -0.05) is 0 Å². The van der Waals surface area contributed by atoms with E-state index in [0.29, 0.717) is 17.7 Å². The molecular weight excluding hydrogens is 320 g/mol. The van der Waals surface area contributed by atoms with Crippen LogP contribution >= 0.6 is 0 Å². The Bertz CT molecular complexity index is 819. The van der Waals surface area contributed by atoms with Gasteiger partial charge in [-0.3, -0.25) is 9.40 Å². The fourth-order valence-electron chi connectivity index (χ4n) is 1.96. The van der Waals surface area contributed by atoms with Gasteiger partial charge in [0.25, 0.3) is 10.0 Å². The summed E-state index contributed by atoms with van der Waals surface area (Å²) in [4.78, 5) is 10.7. The van der Waals surface area contributed by atoms with E-state index in [0.717, 1.165) is 4.68 Å². The number of halogens is 2. The molecule has 1 heterocycles. The van der Waals surface area contributed by atoms with Crippen molar-refractivity contribution in [3.63, 3.8) is 0 Å². The van der Waals surface area contributed by atoms with E-state index in [1.807, 2.05) is 4.72 Å². The first-order chi connectivity index (χ1) is 10.1. The van der Waals surface area contributed by atoms with Gasteiger partial charge in [0.15, 0.2) is 5.03 Å². The summed E-state index contributed by atoms with van der Waals surface area (Å²) in [6.07, 6.45) is 1.32. The van der Waals surface area contributed by atoms with Crippen molar-refractivity contribution in [1.82, 2.24) is 9.78 Å². The highest BCUT2D eigenvalue weighted by Gasteiger charge is 2.24. The zero-order valence-electron chi connectivity index (χ0n) is 11.5. The molecule has 118 valence electrons. The molecule has 2 aromatic rings. The van der Waals surface area contributed by atoms with Gasteiger partial charge in [0.1, 0.15) is 17.2 Å². The van der Waals surface area contributed by atoms with E-state index < -0.39 is 38.9 Å². The van der Waals surface area contributed by atoms with Gasteiger partial charge in [-0.05, 0) is 19.1 Å². The van der Waals surface area contributed by atoms with Crippen LogP contribution in [0.25, 0.3) is 0 Å². The zero-order valence-corrected chi connectivity index (χ0v) is 12.3. The number of hydrogen-bond acceptors (Lipinski definition) is 4. The minimum absolute atomic E-state index is 0.171. The molecule has 0 amide bonds. The van der Waals surface area contributed by atoms with E-state index in [1.165, 1.54) is 20.2 Å². The third kappa shape index (κ3) is 2.77. The summed E-state index contributed by atoms with van der Waals surface area (Å²) in [5.74, 6) is -4.55. The van der Waals surface area contributed by atoms with Crippen LogP contribution in [0.1, 0.15) is 15.9 Å². The molecule has 0 radical (unpaired) electrons. The lowest BCUT2D eigenvalue weighted by molar-refractivity contribution is 0.0686. The second-order valence-electron chi connectivity index (χ2n) is 4.48. The summed E-state index contributed by atoms with van der Waals surface area (Å²) in [5, 5.41) is 12.3. The molecule has 0 fully saturated rings. The molecule has 22 heavy (non-hydrogen) atoms. The summed E-state index contributed by atoms with van der Waals surface area (Å²) < 4.78 is 54.6. The number of benzene rings is 1. The number of nitrogens with zero attached hydrogens (tertiary/aromatic N) is 2. The number of aromatic carboxylic acids is 1. The molecule has 1 aromatic heterocycles. The Kier molecular flexibility index (Phi) is 3.88. The van der Waals surface area contributed by atoms with Crippen LogP contribution < -0.4 is 4.72 Å². The quantitative estimate of drug-likeness (QED) is 0.884. The summed E-state index contributed by atoms with van der Waals surface area (Å²) >= 11 is 0. The molecule has 0 bridgehead atoms. The molecule has 0 spiro atoms. The number of rotatable bonds is 4. The van der Waals surface area contributed by atoms with Gasteiger partial charge in [-0.25, -0.2) is 13.6 Å². The minimum atomic E-state index is -4.13. The Morgan fingerprint density at radius 3 is 2.27 bits per heavy atom. The number of hydrogen-bond donors (Lipinski definition) is 2. The third-order valence-electron chi connectivity index (χ3n) is 2.82. The lowest BCUT2D eigenvalue weighted by atomic mass is 10.2. The van der Waals surface area contributed by atoms with Gasteiger partial charge in [-0.2, -0.15) is 13.5 Å². The number of carbonyl (C=O) groups is 1. The lowest BCUT2D eigenvalue weighted by Crippen LogP contribution is -2.18. The van der Waals surface area contributed by atoms with Crippen LogP contribution in [0.2, 0.25) is 0 Å². The van der Waals surface area contributed by atoms with Gasteiger partial charge in [0, 0.05) is 12.6 Å². The van der Waals surface area contributed by atoms with E-state index >= 15 is 0 Å². The predicted molar refractivity (Wildman–Crippen MR) is 72.1 cm³/mol. The maximum atomic E-state index is 13.6. The Hall–Kier alpha value is -2.49. The van der Waals surface area contributed by atoms with Crippen molar-refractivity contribution in [1.29, 1.82) is 0 Å². The van der Waals surface area contributed by atoms with E-state index in [2.05, 4.69) is 5.10 Å². The van der Waals surface area contributed by atoms with E-state index in [-0.39, 0.29) is 5.03 Å². The van der Waals surface area contributed by atoms with Crippen LogP contribution in [0, 0.1) is 18.6 Å². The standard InChI is InChI=1S/C12H11F2N3O4S/c1-6-5-15-17(2)11(6)22(20,21)16-7-3-8(13)10(12(18)19)9(14)4-7/h3-5,16H,1-2H3,(H,18,19). The van der Waals surface area contributed by atoms with Gasteiger partial charge in [-0.15, -0.1) is 0 Å². The highest BCUT2D eigenvalue weighted by Crippen LogP contribution is 2.23. The number of nitrogens with one attached hydrogen (secondary N) is 1. The summed E-state index contributed by atoms with van der Waals surface area (Å²) in [5.41, 5.74) is -1.24. The van der Waals surface area contributed by atoms with E-state index in [1.54, 1.807) is 0 Å². The average molecular weight is 331 g/mol. The van der Waals surface area contributed by atoms with Gasteiger partial charge < -0.3 is 5.11 Å². The first kappa shape index (κ1) is 15.9.